The van der Waals surface area contributed by atoms with Gasteiger partial charge >= 0.3 is 0 Å². The molecule has 1 aromatic carbocycles. The van der Waals surface area contributed by atoms with Gasteiger partial charge in [0.05, 0.1) is 32.0 Å². The fraction of sp³-hybridized carbons (Fsp3) is 0.455. The van der Waals surface area contributed by atoms with Gasteiger partial charge in [0.25, 0.3) is 5.91 Å². The van der Waals surface area contributed by atoms with E-state index in [0.29, 0.717) is 25.3 Å². The largest absolute Gasteiger partial charge is 0.379 e. The summed E-state index contributed by atoms with van der Waals surface area (Å²) in [7, 11) is 0. The quantitative estimate of drug-likeness (QED) is 0.802. The lowest BCUT2D eigenvalue weighted by molar-refractivity contribution is 0.0342. The normalized spacial score (nSPS) is 17.9. The van der Waals surface area contributed by atoms with Crippen molar-refractivity contribution in [3.05, 3.63) is 59.3 Å². The summed E-state index contributed by atoms with van der Waals surface area (Å²) < 4.78 is 10.8. The van der Waals surface area contributed by atoms with E-state index in [9.17, 15) is 4.79 Å². The molecule has 0 bridgehead atoms. The zero-order valence-electron chi connectivity index (χ0n) is 16.7. The zero-order valence-corrected chi connectivity index (χ0v) is 16.7. The number of benzene rings is 1. The number of hydrogen-bond donors (Lipinski definition) is 1. The Morgan fingerprint density at radius 3 is 2.48 bits per heavy atom. The molecule has 0 saturated carbocycles. The smallest absolute Gasteiger partial charge is 0.255 e. The first-order chi connectivity index (χ1) is 14.3. The molecule has 7 heteroatoms. The van der Waals surface area contributed by atoms with Gasteiger partial charge in [0.2, 0.25) is 0 Å². The third-order valence-corrected chi connectivity index (χ3v) is 5.30. The molecule has 29 heavy (non-hydrogen) atoms. The van der Waals surface area contributed by atoms with Crippen LogP contribution in [0.15, 0.2) is 42.6 Å². The minimum Gasteiger partial charge on any atom is -0.379 e. The van der Waals surface area contributed by atoms with Crippen LogP contribution in [-0.2, 0) is 22.6 Å². The predicted molar refractivity (Wildman–Crippen MR) is 111 cm³/mol. The first kappa shape index (κ1) is 19.8. The summed E-state index contributed by atoms with van der Waals surface area (Å²) in [4.78, 5) is 21.8. The lowest BCUT2D eigenvalue weighted by Crippen LogP contribution is -2.38. The highest BCUT2D eigenvalue weighted by atomic mass is 16.5. The molecule has 7 nitrogen and oxygen atoms in total. The highest BCUT2D eigenvalue weighted by Gasteiger charge is 2.19. The Kier molecular flexibility index (Phi) is 6.71. The van der Waals surface area contributed by atoms with Crippen molar-refractivity contribution in [2.45, 2.75) is 13.1 Å². The number of carbonyl (C=O) groups is 1. The highest BCUT2D eigenvalue weighted by Crippen LogP contribution is 2.18. The Morgan fingerprint density at radius 1 is 0.966 bits per heavy atom. The number of pyridine rings is 1. The SMILES string of the molecule is O=C(NCc1cccc(CN2CCOCC2)c1)c1cccnc1N1CCOCC1. The monoisotopic (exact) mass is 396 g/mol. The fourth-order valence-corrected chi connectivity index (χ4v) is 3.73. The number of amides is 1. The highest BCUT2D eigenvalue weighted by molar-refractivity contribution is 5.98. The molecule has 1 N–H and O–H groups in total. The Bertz CT molecular complexity index is 817. The van der Waals surface area contributed by atoms with Crippen molar-refractivity contribution >= 4 is 11.7 Å². The average Bonchev–Trinajstić information content (AvgIpc) is 2.79. The predicted octanol–water partition coefficient (Wildman–Crippen LogP) is 1.68. The lowest BCUT2D eigenvalue weighted by Gasteiger charge is -2.29. The minimum absolute atomic E-state index is 0.0989. The summed E-state index contributed by atoms with van der Waals surface area (Å²) >= 11 is 0. The van der Waals surface area contributed by atoms with Gasteiger partial charge in [-0.2, -0.15) is 0 Å². The van der Waals surface area contributed by atoms with Crippen LogP contribution in [0, 0.1) is 0 Å². The third-order valence-electron chi connectivity index (χ3n) is 5.30. The molecular weight excluding hydrogens is 368 g/mol. The Balaban J connectivity index is 1.38. The first-order valence-electron chi connectivity index (χ1n) is 10.2. The van der Waals surface area contributed by atoms with Gasteiger partial charge in [-0.1, -0.05) is 24.3 Å². The number of ether oxygens (including phenoxy) is 2. The maximum atomic E-state index is 12.9. The maximum Gasteiger partial charge on any atom is 0.255 e. The van der Waals surface area contributed by atoms with Gasteiger partial charge < -0.3 is 19.7 Å². The van der Waals surface area contributed by atoms with E-state index in [4.69, 9.17) is 9.47 Å². The van der Waals surface area contributed by atoms with Gasteiger partial charge in [0, 0.05) is 45.5 Å². The van der Waals surface area contributed by atoms with Crippen LogP contribution < -0.4 is 10.2 Å². The summed E-state index contributed by atoms with van der Waals surface area (Å²) in [5.74, 6) is 0.632. The van der Waals surface area contributed by atoms with Gasteiger partial charge in [-0.05, 0) is 23.3 Å². The molecule has 3 heterocycles. The van der Waals surface area contributed by atoms with Crippen LogP contribution in [0.4, 0.5) is 5.82 Å². The van der Waals surface area contributed by atoms with Crippen LogP contribution in [0.25, 0.3) is 0 Å². The van der Waals surface area contributed by atoms with Crippen molar-refractivity contribution in [3.8, 4) is 0 Å². The second kappa shape index (κ2) is 9.82. The van der Waals surface area contributed by atoms with Gasteiger partial charge in [-0.3, -0.25) is 9.69 Å². The summed E-state index contributed by atoms with van der Waals surface area (Å²) in [6.07, 6.45) is 1.73. The van der Waals surface area contributed by atoms with Gasteiger partial charge in [-0.25, -0.2) is 4.98 Å². The molecule has 2 aliphatic rings. The van der Waals surface area contributed by atoms with Crippen LogP contribution in [0.5, 0.6) is 0 Å². The number of nitrogens with zero attached hydrogens (tertiary/aromatic N) is 3. The molecule has 4 rings (SSSR count). The van der Waals surface area contributed by atoms with Gasteiger partial charge in [0.15, 0.2) is 0 Å². The number of rotatable bonds is 6. The number of aromatic nitrogens is 1. The average molecular weight is 396 g/mol. The summed E-state index contributed by atoms with van der Waals surface area (Å²) in [5.41, 5.74) is 2.97. The second-order valence-electron chi connectivity index (χ2n) is 7.37. The summed E-state index contributed by atoms with van der Waals surface area (Å²) in [6.45, 7) is 7.75. The molecule has 2 fully saturated rings. The van der Waals surface area contributed by atoms with E-state index in [1.807, 2.05) is 12.1 Å². The number of carbonyl (C=O) groups excluding carboxylic acids is 1. The standard InChI is InChI=1S/C22H28N4O3/c27-22(20-5-2-6-23-21(20)26-9-13-29-14-10-26)24-16-18-3-1-4-19(15-18)17-25-7-11-28-12-8-25/h1-6,15H,7-14,16-17H2,(H,24,27). The van der Waals surface area contributed by atoms with Crippen molar-refractivity contribution in [1.82, 2.24) is 15.2 Å². The van der Waals surface area contributed by atoms with Crippen molar-refractivity contribution in [3.63, 3.8) is 0 Å². The van der Waals surface area contributed by atoms with E-state index in [1.54, 1.807) is 6.20 Å². The van der Waals surface area contributed by atoms with E-state index in [-0.39, 0.29) is 5.91 Å². The number of hydrogen-bond acceptors (Lipinski definition) is 6. The van der Waals surface area contributed by atoms with Crippen molar-refractivity contribution in [2.24, 2.45) is 0 Å². The van der Waals surface area contributed by atoms with E-state index in [2.05, 4.69) is 44.4 Å². The lowest BCUT2D eigenvalue weighted by atomic mass is 10.1. The topological polar surface area (TPSA) is 66.9 Å². The maximum absolute atomic E-state index is 12.9. The van der Waals surface area contributed by atoms with Crippen LogP contribution >= 0.6 is 0 Å². The molecular formula is C22H28N4O3. The fourth-order valence-electron chi connectivity index (χ4n) is 3.73. The van der Waals surface area contributed by atoms with Gasteiger partial charge in [0.1, 0.15) is 5.82 Å². The van der Waals surface area contributed by atoms with Crippen LogP contribution in [0.3, 0.4) is 0 Å². The number of morpholine rings is 2. The zero-order chi connectivity index (χ0) is 19.9. The molecule has 0 spiro atoms. The molecule has 0 atom stereocenters. The van der Waals surface area contributed by atoms with E-state index in [1.165, 1.54) is 5.56 Å². The first-order valence-corrected chi connectivity index (χ1v) is 10.2. The molecule has 0 radical (unpaired) electrons. The Labute approximate surface area is 171 Å². The molecule has 2 saturated heterocycles. The van der Waals surface area contributed by atoms with Gasteiger partial charge in [-0.15, -0.1) is 0 Å². The Hall–Kier alpha value is -2.48. The molecule has 1 aromatic heterocycles. The van der Waals surface area contributed by atoms with Crippen molar-refractivity contribution in [2.75, 3.05) is 57.5 Å². The third kappa shape index (κ3) is 5.32. The minimum atomic E-state index is -0.0989. The number of anilines is 1. The molecule has 1 amide bonds. The van der Waals surface area contributed by atoms with Crippen LogP contribution in [0.2, 0.25) is 0 Å². The summed E-state index contributed by atoms with van der Waals surface area (Å²) in [5, 5.41) is 3.06. The van der Waals surface area contributed by atoms with Crippen LogP contribution in [0.1, 0.15) is 21.5 Å². The summed E-state index contributed by atoms with van der Waals surface area (Å²) in [6, 6.07) is 12.1. The van der Waals surface area contributed by atoms with E-state index in [0.717, 1.165) is 57.3 Å². The van der Waals surface area contributed by atoms with Crippen molar-refractivity contribution in [1.29, 1.82) is 0 Å². The van der Waals surface area contributed by atoms with Crippen LogP contribution in [-0.4, -0.2) is 68.4 Å². The molecule has 0 unspecified atom stereocenters. The molecule has 0 aliphatic carbocycles. The molecule has 2 aliphatic heterocycles. The second-order valence-corrected chi connectivity index (χ2v) is 7.37. The van der Waals surface area contributed by atoms with E-state index >= 15 is 0 Å². The molecule has 154 valence electrons. The molecule has 2 aromatic rings. The van der Waals surface area contributed by atoms with Crippen molar-refractivity contribution < 1.29 is 14.3 Å². The Morgan fingerprint density at radius 2 is 1.69 bits per heavy atom. The number of nitrogens with one attached hydrogen (secondary N) is 1. The van der Waals surface area contributed by atoms with E-state index < -0.39 is 0 Å².